The number of nitrogens with zero attached hydrogens (tertiary/aromatic N) is 3. The average molecular weight is 349 g/mol. The number of carbonyl (C=O) groups is 1. The summed E-state index contributed by atoms with van der Waals surface area (Å²) in [6.45, 7) is 8.29. The number of ether oxygens (including phenoxy) is 1. The van der Waals surface area contributed by atoms with Gasteiger partial charge in [0.1, 0.15) is 11.9 Å². The summed E-state index contributed by atoms with van der Waals surface area (Å²) < 4.78 is 6.80. The molecule has 130 valence electrons. The van der Waals surface area contributed by atoms with Crippen LogP contribution in [-0.4, -0.2) is 39.4 Å². The minimum atomic E-state index is -0.577. The molecule has 1 aromatic heterocycles. The third-order valence-electron chi connectivity index (χ3n) is 3.44. The lowest BCUT2D eigenvalue weighted by Gasteiger charge is -2.24. The maximum absolute atomic E-state index is 12.3. The lowest BCUT2D eigenvalue weighted by Crippen LogP contribution is -2.39. The van der Waals surface area contributed by atoms with E-state index < -0.39 is 11.7 Å². The van der Waals surface area contributed by atoms with E-state index in [0.29, 0.717) is 24.1 Å². The van der Waals surface area contributed by atoms with Crippen molar-refractivity contribution in [2.75, 3.05) is 18.0 Å². The first kappa shape index (κ1) is 18.2. The first-order valence-electron chi connectivity index (χ1n) is 7.62. The number of hydrogen-bond acceptors (Lipinski definition) is 5. The van der Waals surface area contributed by atoms with Gasteiger partial charge >= 0.3 is 6.09 Å². The predicted octanol–water partition coefficient (Wildman–Crippen LogP) is 2.14. The summed E-state index contributed by atoms with van der Waals surface area (Å²) in [5, 5.41) is 0.245. The largest absolute Gasteiger partial charge is 0.443 e. The number of thiocarbonyl (C=S) groups is 1. The molecule has 0 amide bonds. The molecule has 0 saturated carbocycles. The van der Waals surface area contributed by atoms with Crippen molar-refractivity contribution in [1.82, 2.24) is 9.55 Å². The number of benzene rings is 1. The van der Waals surface area contributed by atoms with Crippen LogP contribution in [0.4, 0.5) is 10.5 Å². The number of hydrogen-bond donors (Lipinski definition) is 2. The number of aromatic nitrogens is 2. The number of carbonyl (C=O) groups excluding carboxylic acids is 1. The minimum Gasteiger partial charge on any atom is -0.443 e. The highest BCUT2D eigenvalue weighted by molar-refractivity contribution is 7.80. The van der Waals surface area contributed by atoms with Crippen molar-refractivity contribution in [2.45, 2.75) is 33.3 Å². The van der Waals surface area contributed by atoms with E-state index >= 15 is 0 Å². The Labute approximate surface area is 146 Å². The smallest absolute Gasteiger partial charge is 0.420 e. The van der Waals surface area contributed by atoms with Gasteiger partial charge < -0.3 is 21.1 Å². The van der Waals surface area contributed by atoms with E-state index in [1.807, 2.05) is 33.8 Å². The van der Waals surface area contributed by atoms with Gasteiger partial charge in [0.15, 0.2) is 5.11 Å². The minimum absolute atomic E-state index is 0.245. The zero-order valence-corrected chi connectivity index (χ0v) is 15.2. The zero-order chi connectivity index (χ0) is 18.1. The quantitative estimate of drug-likeness (QED) is 0.819. The SMILES string of the molecule is Cc1c(N(CCN)C(N)=S)ccc2c1ncn2C(=O)OC(C)(C)C. The van der Waals surface area contributed by atoms with Crippen LogP contribution >= 0.6 is 12.2 Å². The molecule has 0 unspecified atom stereocenters. The topological polar surface area (TPSA) is 99.4 Å². The van der Waals surface area contributed by atoms with Crippen molar-refractivity contribution in [3.05, 3.63) is 24.0 Å². The number of nitrogens with two attached hydrogens (primary N) is 2. The van der Waals surface area contributed by atoms with Crippen LogP contribution in [-0.2, 0) is 4.74 Å². The average Bonchev–Trinajstić information content (AvgIpc) is 2.88. The molecule has 2 aromatic rings. The van der Waals surface area contributed by atoms with Crippen molar-refractivity contribution >= 4 is 40.1 Å². The Hall–Kier alpha value is -2.19. The van der Waals surface area contributed by atoms with Gasteiger partial charge in [0, 0.05) is 24.3 Å². The van der Waals surface area contributed by atoms with Gasteiger partial charge in [-0.25, -0.2) is 14.3 Å². The molecule has 2 rings (SSSR count). The first-order chi connectivity index (χ1) is 11.2. The molecule has 4 N–H and O–H groups in total. The van der Waals surface area contributed by atoms with Crippen molar-refractivity contribution < 1.29 is 9.53 Å². The molecule has 8 heteroatoms. The third-order valence-corrected chi connectivity index (χ3v) is 3.66. The Morgan fingerprint density at radius 2 is 2.08 bits per heavy atom. The van der Waals surface area contributed by atoms with Crippen LogP contribution in [0.15, 0.2) is 18.5 Å². The Bertz CT molecular complexity index is 779. The number of aryl methyl sites for hydroxylation is 1. The van der Waals surface area contributed by atoms with Crippen molar-refractivity contribution in [1.29, 1.82) is 0 Å². The van der Waals surface area contributed by atoms with Gasteiger partial charge in [0.05, 0.1) is 11.0 Å². The summed E-state index contributed by atoms with van der Waals surface area (Å²) in [6, 6.07) is 3.66. The molecule has 1 aromatic carbocycles. The normalized spacial score (nSPS) is 11.5. The molecule has 7 nitrogen and oxygen atoms in total. The van der Waals surface area contributed by atoms with Gasteiger partial charge in [0.2, 0.25) is 0 Å². The summed E-state index contributed by atoms with van der Waals surface area (Å²) in [6.07, 6.45) is 0.995. The second-order valence-electron chi connectivity index (χ2n) is 6.45. The molecule has 24 heavy (non-hydrogen) atoms. The molecule has 0 aliphatic heterocycles. The lowest BCUT2D eigenvalue weighted by molar-refractivity contribution is 0.0543. The van der Waals surface area contributed by atoms with E-state index in [0.717, 1.165) is 11.3 Å². The van der Waals surface area contributed by atoms with Gasteiger partial charge in [-0.1, -0.05) is 0 Å². The van der Waals surface area contributed by atoms with Crippen molar-refractivity contribution in [3.8, 4) is 0 Å². The third kappa shape index (κ3) is 3.65. The van der Waals surface area contributed by atoms with Gasteiger partial charge in [-0.2, -0.15) is 0 Å². The fourth-order valence-corrected chi connectivity index (χ4v) is 2.63. The highest BCUT2D eigenvalue weighted by atomic mass is 32.1. The number of fused-ring (bicyclic) bond motifs is 1. The molecule has 0 aliphatic carbocycles. The maximum atomic E-state index is 12.3. The summed E-state index contributed by atoms with van der Waals surface area (Å²) in [5.74, 6) is 0. The van der Waals surface area contributed by atoms with Crippen molar-refractivity contribution in [3.63, 3.8) is 0 Å². The Balaban J connectivity index is 2.48. The highest BCUT2D eigenvalue weighted by Gasteiger charge is 2.21. The van der Waals surface area contributed by atoms with Gasteiger partial charge in [-0.05, 0) is 52.0 Å². The number of rotatable bonds is 3. The van der Waals surface area contributed by atoms with Crippen LogP contribution in [0.1, 0.15) is 26.3 Å². The Morgan fingerprint density at radius 3 is 2.62 bits per heavy atom. The lowest BCUT2D eigenvalue weighted by atomic mass is 10.1. The van der Waals surface area contributed by atoms with E-state index in [2.05, 4.69) is 4.98 Å². The Kier molecular flexibility index (Phi) is 5.10. The summed E-state index contributed by atoms with van der Waals surface area (Å²) in [7, 11) is 0. The van der Waals surface area contributed by atoms with E-state index in [1.54, 1.807) is 11.0 Å². The standard InChI is InChI=1S/C16H23N5O2S/c1-10-11(20(8-7-17)14(18)24)5-6-12-13(10)19-9-21(12)15(22)23-16(2,3)4/h5-6,9H,7-8,17H2,1-4H3,(H2,18,24). The molecule has 0 aliphatic rings. The molecule has 0 spiro atoms. The number of anilines is 1. The van der Waals surface area contributed by atoms with Gasteiger partial charge in [0.25, 0.3) is 0 Å². The van der Waals surface area contributed by atoms with E-state index in [9.17, 15) is 4.79 Å². The molecule has 0 atom stereocenters. The molecular formula is C16H23N5O2S. The van der Waals surface area contributed by atoms with Crippen molar-refractivity contribution in [2.24, 2.45) is 11.5 Å². The van der Waals surface area contributed by atoms with E-state index in [-0.39, 0.29) is 5.11 Å². The first-order valence-corrected chi connectivity index (χ1v) is 8.03. The van der Waals surface area contributed by atoms with Gasteiger partial charge in [-0.15, -0.1) is 0 Å². The molecule has 1 heterocycles. The summed E-state index contributed by atoms with van der Waals surface area (Å²) in [4.78, 5) is 18.4. The number of imidazole rings is 1. The van der Waals surface area contributed by atoms with Crippen LogP contribution in [0.5, 0.6) is 0 Å². The van der Waals surface area contributed by atoms with Crippen LogP contribution in [0, 0.1) is 6.92 Å². The maximum Gasteiger partial charge on any atom is 0.420 e. The molecule has 0 bridgehead atoms. The summed E-state index contributed by atoms with van der Waals surface area (Å²) >= 11 is 5.10. The van der Waals surface area contributed by atoms with E-state index in [4.69, 9.17) is 28.4 Å². The molecular weight excluding hydrogens is 326 g/mol. The fourth-order valence-electron chi connectivity index (χ4n) is 2.44. The van der Waals surface area contributed by atoms with Crippen LogP contribution < -0.4 is 16.4 Å². The van der Waals surface area contributed by atoms with Crippen LogP contribution in [0.25, 0.3) is 11.0 Å². The van der Waals surface area contributed by atoms with Gasteiger partial charge in [-0.3, -0.25) is 0 Å². The second kappa shape index (κ2) is 6.74. The predicted molar refractivity (Wildman–Crippen MR) is 99.3 cm³/mol. The highest BCUT2D eigenvalue weighted by Crippen LogP contribution is 2.28. The molecule has 0 fully saturated rings. The Morgan fingerprint density at radius 1 is 1.42 bits per heavy atom. The molecule has 0 saturated heterocycles. The van der Waals surface area contributed by atoms with Crippen LogP contribution in [0.2, 0.25) is 0 Å². The molecule has 0 radical (unpaired) electrons. The summed E-state index contributed by atoms with van der Waals surface area (Å²) in [5.41, 5.74) is 13.9. The fraction of sp³-hybridized carbons (Fsp3) is 0.438. The monoisotopic (exact) mass is 349 g/mol. The zero-order valence-electron chi connectivity index (χ0n) is 14.4. The second-order valence-corrected chi connectivity index (χ2v) is 6.87. The van der Waals surface area contributed by atoms with E-state index in [1.165, 1.54) is 10.9 Å². The van der Waals surface area contributed by atoms with Crippen LogP contribution in [0.3, 0.4) is 0 Å².